The van der Waals surface area contributed by atoms with E-state index < -0.39 is 0 Å². The first kappa shape index (κ1) is 12.3. The van der Waals surface area contributed by atoms with Gasteiger partial charge in [-0.15, -0.1) is 17.9 Å². The predicted octanol–water partition coefficient (Wildman–Crippen LogP) is 3.76. The highest BCUT2D eigenvalue weighted by Crippen LogP contribution is 2.32. The number of thiophene rings is 1. The molecular formula is C14H18N2S. The van der Waals surface area contributed by atoms with E-state index in [-0.39, 0.29) is 6.04 Å². The number of nitrogens with two attached hydrogens (primary N) is 1. The first-order chi connectivity index (χ1) is 8.22. The van der Waals surface area contributed by atoms with Crippen LogP contribution < -0.4 is 11.3 Å². The van der Waals surface area contributed by atoms with Gasteiger partial charge in [-0.05, 0) is 42.2 Å². The van der Waals surface area contributed by atoms with Crippen LogP contribution >= 0.6 is 11.3 Å². The molecule has 0 aliphatic carbocycles. The van der Waals surface area contributed by atoms with Crippen molar-refractivity contribution in [3.05, 3.63) is 47.4 Å². The predicted molar refractivity (Wildman–Crippen MR) is 75.9 cm³/mol. The van der Waals surface area contributed by atoms with Crippen molar-refractivity contribution in [2.75, 3.05) is 0 Å². The van der Waals surface area contributed by atoms with Gasteiger partial charge in [-0.2, -0.15) is 0 Å². The molecule has 17 heavy (non-hydrogen) atoms. The van der Waals surface area contributed by atoms with Gasteiger partial charge in [-0.25, -0.2) is 0 Å². The molecule has 0 fully saturated rings. The molecule has 2 rings (SSSR count). The van der Waals surface area contributed by atoms with E-state index in [0.29, 0.717) is 0 Å². The molecule has 0 radical (unpaired) electrons. The zero-order chi connectivity index (χ0) is 12.3. The van der Waals surface area contributed by atoms with Crippen LogP contribution in [0.3, 0.4) is 0 Å². The smallest absolute Gasteiger partial charge is 0.0477 e. The molecule has 1 atom stereocenters. The molecule has 0 bridgehead atoms. The van der Waals surface area contributed by atoms with Crippen LogP contribution in [0.2, 0.25) is 0 Å². The number of allylic oxidation sites excluding steroid dienone is 1. The Labute approximate surface area is 106 Å². The summed E-state index contributed by atoms with van der Waals surface area (Å²) in [6.45, 7) is 5.99. The van der Waals surface area contributed by atoms with E-state index in [9.17, 15) is 0 Å². The lowest BCUT2D eigenvalue weighted by Gasteiger charge is -2.15. The molecule has 1 aromatic heterocycles. The number of hydrogen-bond acceptors (Lipinski definition) is 3. The molecule has 0 spiro atoms. The van der Waals surface area contributed by atoms with Crippen molar-refractivity contribution in [2.45, 2.75) is 25.8 Å². The summed E-state index contributed by atoms with van der Waals surface area (Å²) >= 11 is 1.77. The largest absolute Gasteiger partial charge is 0.271 e. The molecule has 0 amide bonds. The second-order valence-corrected chi connectivity index (χ2v) is 5.31. The topological polar surface area (TPSA) is 38.0 Å². The Kier molecular flexibility index (Phi) is 3.94. The van der Waals surface area contributed by atoms with Crippen LogP contribution in [0.15, 0.2) is 41.8 Å². The lowest BCUT2D eigenvalue weighted by molar-refractivity contribution is 0.520. The summed E-state index contributed by atoms with van der Waals surface area (Å²) in [4.78, 5) is 0. The van der Waals surface area contributed by atoms with E-state index in [2.05, 4.69) is 48.6 Å². The third-order valence-electron chi connectivity index (χ3n) is 2.95. The summed E-state index contributed by atoms with van der Waals surface area (Å²) < 4.78 is 1.32. The maximum atomic E-state index is 5.67. The molecule has 0 saturated heterocycles. The minimum atomic E-state index is 0.211. The van der Waals surface area contributed by atoms with Crippen LogP contribution in [0.1, 0.15) is 31.4 Å². The van der Waals surface area contributed by atoms with E-state index in [1.165, 1.54) is 21.2 Å². The van der Waals surface area contributed by atoms with E-state index in [1.54, 1.807) is 11.3 Å². The van der Waals surface area contributed by atoms with Crippen molar-refractivity contribution in [3.63, 3.8) is 0 Å². The molecule has 0 aliphatic rings. The second-order valence-electron chi connectivity index (χ2n) is 4.40. The first-order valence-electron chi connectivity index (χ1n) is 5.79. The fraction of sp³-hybridized carbons (Fsp3) is 0.286. The number of rotatable bonds is 5. The highest BCUT2D eigenvalue weighted by Gasteiger charge is 2.13. The third kappa shape index (κ3) is 2.75. The molecule has 1 unspecified atom stereocenters. The SMILES string of the molecule is C=C(C)CCC(NN)c1csc2ccccc12. The Morgan fingerprint density at radius 3 is 2.94 bits per heavy atom. The fourth-order valence-corrected chi connectivity index (χ4v) is 3.00. The standard InChI is InChI=1S/C14H18N2S/c1-10(2)7-8-13(16-15)12-9-17-14-6-4-3-5-11(12)14/h3-6,9,13,16H,1,7-8,15H2,2H3. The maximum absolute atomic E-state index is 5.67. The Balaban J connectivity index is 2.27. The highest BCUT2D eigenvalue weighted by molar-refractivity contribution is 7.17. The van der Waals surface area contributed by atoms with Crippen molar-refractivity contribution in [2.24, 2.45) is 5.84 Å². The van der Waals surface area contributed by atoms with Crippen molar-refractivity contribution in [1.29, 1.82) is 0 Å². The number of hydrogen-bond donors (Lipinski definition) is 2. The molecule has 3 heteroatoms. The number of nitrogens with one attached hydrogen (secondary N) is 1. The molecule has 2 aromatic rings. The molecule has 0 aliphatic heterocycles. The average molecular weight is 246 g/mol. The van der Waals surface area contributed by atoms with Gasteiger partial charge in [-0.3, -0.25) is 11.3 Å². The summed E-state index contributed by atoms with van der Waals surface area (Å²) in [7, 11) is 0. The summed E-state index contributed by atoms with van der Waals surface area (Å²) in [5, 5.41) is 3.51. The number of hydrazine groups is 1. The lowest BCUT2D eigenvalue weighted by atomic mass is 10.00. The number of benzene rings is 1. The van der Waals surface area contributed by atoms with Gasteiger partial charge in [0.25, 0.3) is 0 Å². The Morgan fingerprint density at radius 1 is 1.47 bits per heavy atom. The summed E-state index contributed by atoms with van der Waals surface area (Å²) in [6.07, 6.45) is 1.99. The van der Waals surface area contributed by atoms with Crippen molar-refractivity contribution in [3.8, 4) is 0 Å². The van der Waals surface area contributed by atoms with E-state index >= 15 is 0 Å². The molecule has 1 heterocycles. The van der Waals surface area contributed by atoms with Gasteiger partial charge in [-0.1, -0.05) is 23.8 Å². The third-order valence-corrected chi connectivity index (χ3v) is 3.93. The highest BCUT2D eigenvalue weighted by atomic mass is 32.1. The van der Waals surface area contributed by atoms with Crippen LogP contribution in [-0.2, 0) is 0 Å². The summed E-state index contributed by atoms with van der Waals surface area (Å²) in [5.41, 5.74) is 5.42. The van der Waals surface area contributed by atoms with Gasteiger partial charge < -0.3 is 0 Å². The number of fused-ring (bicyclic) bond motifs is 1. The van der Waals surface area contributed by atoms with Gasteiger partial charge >= 0.3 is 0 Å². The fourth-order valence-electron chi connectivity index (χ4n) is 1.99. The van der Waals surface area contributed by atoms with Gasteiger partial charge in [0.1, 0.15) is 0 Å². The maximum Gasteiger partial charge on any atom is 0.0477 e. The lowest BCUT2D eigenvalue weighted by Crippen LogP contribution is -2.27. The first-order valence-corrected chi connectivity index (χ1v) is 6.67. The summed E-state index contributed by atoms with van der Waals surface area (Å²) in [6, 6.07) is 8.66. The zero-order valence-electron chi connectivity index (χ0n) is 10.1. The van der Waals surface area contributed by atoms with Gasteiger partial charge in [0.05, 0.1) is 0 Å². The normalized spacial score (nSPS) is 12.8. The van der Waals surface area contributed by atoms with Crippen molar-refractivity contribution in [1.82, 2.24) is 5.43 Å². The quantitative estimate of drug-likeness (QED) is 0.479. The molecule has 2 nitrogen and oxygen atoms in total. The second kappa shape index (κ2) is 5.45. The Morgan fingerprint density at radius 2 is 2.24 bits per heavy atom. The average Bonchev–Trinajstić information content (AvgIpc) is 2.74. The minimum absolute atomic E-state index is 0.211. The summed E-state index contributed by atoms with van der Waals surface area (Å²) in [5.74, 6) is 5.67. The molecule has 0 saturated carbocycles. The Bertz CT molecular complexity index is 516. The molecule has 3 N–H and O–H groups in total. The van der Waals surface area contributed by atoms with Crippen LogP contribution in [0.25, 0.3) is 10.1 Å². The van der Waals surface area contributed by atoms with Crippen molar-refractivity contribution < 1.29 is 0 Å². The van der Waals surface area contributed by atoms with Crippen molar-refractivity contribution >= 4 is 21.4 Å². The van der Waals surface area contributed by atoms with Crippen LogP contribution in [-0.4, -0.2) is 0 Å². The van der Waals surface area contributed by atoms with Crippen LogP contribution in [0, 0.1) is 0 Å². The van der Waals surface area contributed by atoms with Gasteiger partial charge in [0.15, 0.2) is 0 Å². The van der Waals surface area contributed by atoms with Crippen LogP contribution in [0.5, 0.6) is 0 Å². The molecule has 1 aromatic carbocycles. The van der Waals surface area contributed by atoms with E-state index in [4.69, 9.17) is 5.84 Å². The van der Waals surface area contributed by atoms with E-state index in [1.807, 2.05) is 0 Å². The van der Waals surface area contributed by atoms with E-state index in [0.717, 1.165) is 12.8 Å². The minimum Gasteiger partial charge on any atom is -0.271 e. The molecule has 90 valence electrons. The zero-order valence-corrected chi connectivity index (χ0v) is 10.9. The van der Waals surface area contributed by atoms with Gasteiger partial charge in [0, 0.05) is 10.7 Å². The molecular weight excluding hydrogens is 228 g/mol. The Hall–Kier alpha value is -1.16. The van der Waals surface area contributed by atoms with Gasteiger partial charge in [0.2, 0.25) is 0 Å². The van der Waals surface area contributed by atoms with Crippen LogP contribution in [0.4, 0.5) is 0 Å². The monoisotopic (exact) mass is 246 g/mol.